The van der Waals surface area contributed by atoms with E-state index < -0.39 is 38.3 Å². The van der Waals surface area contributed by atoms with Crippen molar-refractivity contribution in [2.24, 2.45) is 0 Å². The van der Waals surface area contributed by atoms with Crippen LogP contribution in [0.1, 0.15) is 29.3 Å². The average Bonchev–Trinajstić information content (AvgIpc) is 2.38. The fourth-order valence-corrected chi connectivity index (χ4v) is 3.06. The van der Waals surface area contributed by atoms with E-state index in [1.54, 1.807) is 6.92 Å². The second-order valence-electron chi connectivity index (χ2n) is 4.14. The van der Waals surface area contributed by atoms with Crippen LogP contribution in [0.15, 0.2) is 17.0 Å². The first kappa shape index (κ1) is 16.1. The number of hydrogen-bond donors (Lipinski definition) is 2. The van der Waals surface area contributed by atoms with E-state index in [1.807, 2.05) is 0 Å². The molecule has 7 heteroatoms. The third-order valence-corrected chi connectivity index (χ3v) is 4.34. The predicted molar refractivity (Wildman–Crippen MR) is 71.3 cm³/mol. The van der Waals surface area contributed by atoms with E-state index in [1.165, 1.54) is 6.92 Å². The van der Waals surface area contributed by atoms with Crippen LogP contribution in [0.4, 0.5) is 4.39 Å². The maximum Gasteiger partial charge on any atom is 0.335 e. The maximum atomic E-state index is 13.6. The Bertz CT molecular complexity index is 676. The Kier molecular flexibility index (Phi) is 4.87. The van der Waals surface area contributed by atoms with E-state index in [0.29, 0.717) is 6.42 Å². The van der Waals surface area contributed by atoms with Gasteiger partial charge in [0, 0.05) is 5.56 Å². The van der Waals surface area contributed by atoms with Crippen molar-refractivity contribution in [3.05, 3.63) is 29.1 Å². The molecule has 0 aliphatic carbocycles. The molecular weight excluding hydrogens is 285 g/mol. The summed E-state index contributed by atoms with van der Waals surface area (Å²) in [7, 11) is -4.09. The lowest BCUT2D eigenvalue weighted by atomic mass is 10.1. The van der Waals surface area contributed by atoms with Gasteiger partial charge in [-0.15, -0.1) is 6.42 Å². The van der Waals surface area contributed by atoms with Gasteiger partial charge in [-0.05, 0) is 25.5 Å². The Labute approximate surface area is 116 Å². The summed E-state index contributed by atoms with van der Waals surface area (Å²) in [6, 6.07) is 0.942. The SMILES string of the molecule is C#CC(CC)NS(=O)(=O)c1cc(C(=O)O)cc(F)c1C. The van der Waals surface area contributed by atoms with E-state index in [-0.39, 0.29) is 5.56 Å². The second kappa shape index (κ2) is 6.03. The molecule has 1 unspecified atom stereocenters. The number of benzene rings is 1. The van der Waals surface area contributed by atoms with Crippen LogP contribution in [-0.2, 0) is 10.0 Å². The predicted octanol–water partition coefficient (Wildman–Crippen LogP) is 1.52. The van der Waals surface area contributed by atoms with Crippen molar-refractivity contribution in [3.8, 4) is 12.3 Å². The minimum atomic E-state index is -4.09. The van der Waals surface area contributed by atoms with Crippen LogP contribution in [0.5, 0.6) is 0 Å². The van der Waals surface area contributed by atoms with Gasteiger partial charge in [-0.2, -0.15) is 4.72 Å². The lowest BCUT2D eigenvalue weighted by Crippen LogP contribution is -2.33. The molecule has 0 amide bonds. The number of carboxylic acids is 1. The standard InChI is InChI=1S/C13H14FNO4S/c1-4-10(5-2)15-20(18,19)12-7-9(13(16)17)6-11(14)8(12)3/h1,6-7,10,15H,5H2,2-3H3,(H,16,17). The summed E-state index contributed by atoms with van der Waals surface area (Å²) < 4.78 is 40.1. The molecule has 0 fully saturated rings. The summed E-state index contributed by atoms with van der Waals surface area (Å²) in [5.41, 5.74) is -0.600. The van der Waals surface area contributed by atoms with E-state index >= 15 is 0 Å². The summed E-state index contributed by atoms with van der Waals surface area (Å²) in [6.07, 6.45) is 5.53. The van der Waals surface area contributed by atoms with Crippen molar-refractivity contribution in [1.29, 1.82) is 0 Å². The van der Waals surface area contributed by atoms with Crippen LogP contribution >= 0.6 is 0 Å². The Morgan fingerprint density at radius 3 is 2.60 bits per heavy atom. The molecule has 0 saturated carbocycles. The molecule has 0 bridgehead atoms. The molecule has 0 radical (unpaired) electrons. The van der Waals surface area contributed by atoms with Gasteiger partial charge in [0.05, 0.1) is 16.5 Å². The van der Waals surface area contributed by atoms with E-state index in [2.05, 4.69) is 10.6 Å². The van der Waals surface area contributed by atoms with Gasteiger partial charge in [-0.25, -0.2) is 17.6 Å². The van der Waals surface area contributed by atoms with Crippen molar-refractivity contribution in [2.75, 3.05) is 0 Å². The number of halogens is 1. The van der Waals surface area contributed by atoms with Crippen LogP contribution in [0.25, 0.3) is 0 Å². The normalized spacial score (nSPS) is 12.7. The van der Waals surface area contributed by atoms with Crippen molar-refractivity contribution < 1.29 is 22.7 Å². The minimum absolute atomic E-state index is 0.158. The highest BCUT2D eigenvalue weighted by Gasteiger charge is 2.23. The number of aromatic carboxylic acids is 1. The highest BCUT2D eigenvalue weighted by atomic mass is 32.2. The first-order valence-corrected chi connectivity index (χ1v) is 7.23. The molecule has 0 aromatic heterocycles. The molecule has 1 aromatic rings. The van der Waals surface area contributed by atoms with Crippen molar-refractivity contribution in [2.45, 2.75) is 31.2 Å². The van der Waals surface area contributed by atoms with Gasteiger partial charge in [0.1, 0.15) is 5.82 Å². The van der Waals surface area contributed by atoms with Crippen molar-refractivity contribution in [3.63, 3.8) is 0 Å². The fourth-order valence-electron chi connectivity index (χ4n) is 1.54. The molecule has 1 rings (SSSR count). The third kappa shape index (κ3) is 3.35. The highest BCUT2D eigenvalue weighted by molar-refractivity contribution is 7.89. The number of sulfonamides is 1. The zero-order valence-corrected chi connectivity index (χ0v) is 11.8. The van der Waals surface area contributed by atoms with Gasteiger partial charge in [0.15, 0.2) is 0 Å². The molecular formula is C13H14FNO4S. The maximum absolute atomic E-state index is 13.6. The first-order chi connectivity index (χ1) is 9.22. The number of hydrogen-bond acceptors (Lipinski definition) is 3. The van der Waals surface area contributed by atoms with Gasteiger partial charge < -0.3 is 5.11 Å². The Balaban J connectivity index is 3.38. The Hall–Kier alpha value is -1.91. The number of carbonyl (C=O) groups is 1. The molecule has 1 aromatic carbocycles. The number of terminal acetylenes is 1. The average molecular weight is 299 g/mol. The molecule has 108 valence electrons. The molecule has 5 nitrogen and oxygen atoms in total. The fraction of sp³-hybridized carbons (Fsp3) is 0.308. The first-order valence-electron chi connectivity index (χ1n) is 5.74. The third-order valence-electron chi connectivity index (χ3n) is 2.74. The van der Waals surface area contributed by atoms with Gasteiger partial charge in [0.25, 0.3) is 0 Å². The summed E-state index contributed by atoms with van der Waals surface area (Å²) in [5.74, 6) is -0.0676. The lowest BCUT2D eigenvalue weighted by Gasteiger charge is -2.14. The van der Waals surface area contributed by atoms with Crippen molar-refractivity contribution in [1.82, 2.24) is 4.72 Å². The molecule has 20 heavy (non-hydrogen) atoms. The molecule has 2 N–H and O–H groups in total. The van der Waals surface area contributed by atoms with Gasteiger partial charge in [-0.3, -0.25) is 0 Å². The number of nitrogens with one attached hydrogen (secondary N) is 1. The molecule has 0 aliphatic heterocycles. The van der Waals surface area contributed by atoms with E-state index in [4.69, 9.17) is 11.5 Å². The molecule has 0 saturated heterocycles. The quantitative estimate of drug-likeness (QED) is 0.808. The van der Waals surface area contributed by atoms with Crippen molar-refractivity contribution >= 4 is 16.0 Å². The summed E-state index contributed by atoms with van der Waals surface area (Å²) in [4.78, 5) is 10.4. The number of carboxylic acid groups (broad SMARTS) is 1. The van der Waals surface area contributed by atoms with Crippen LogP contribution in [0.2, 0.25) is 0 Å². The minimum Gasteiger partial charge on any atom is -0.478 e. The van der Waals surface area contributed by atoms with Crippen LogP contribution in [0, 0.1) is 25.1 Å². The zero-order valence-electron chi connectivity index (χ0n) is 11.0. The smallest absolute Gasteiger partial charge is 0.335 e. The Morgan fingerprint density at radius 1 is 1.55 bits per heavy atom. The monoisotopic (exact) mass is 299 g/mol. The second-order valence-corrected chi connectivity index (χ2v) is 5.82. The summed E-state index contributed by atoms with van der Waals surface area (Å²) >= 11 is 0. The Morgan fingerprint density at radius 2 is 2.15 bits per heavy atom. The van der Waals surface area contributed by atoms with E-state index in [0.717, 1.165) is 12.1 Å². The zero-order chi connectivity index (χ0) is 15.5. The van der Waals surface area contributed by atoms with E-state index in [9.17, 15) is 17.6 Å². The van der Waals surface area contributed by atoms with Gasteiger partial charge in [0.2, 0.25) is 10.0 Å². The largest absolute Gasteiger partial charge is 0.478 e. The number of rotatable bonds is 5. The van der Waals surface area contributed by atoms with Crippen LogP contribution in [-0.4, -0.2) is 25.5 Å². The van der Waals surface area contributed by atoms with Gasteiger partial charge in [-0.1, -0.05) is 12.8 Å². The van der Waals surface area contributed by atoms with Crippen LogP contribution < -0.4 is 4.72 Å². The topological polar surface area (TPSA) is 83.5 Å². The highest BCUT2D eigenvalue weighted by Crippen LogP contribution is 2.21. The summed E-state index contributed by atoms with van der Waals surface area (Å²) in [6.45, 7) is 2.94. The molecule has 0 aliphatic rings. The van der Waals surface area contributed by atoms with Gasteiger partial charge >= 0.3 is 5.97 Å². The molecule has 0 spiro atoms. The molecule has 1 atom stereocenters. The summed E-state index contributed by atoms with van der Waals surface area (Å²) in [5, 5.41) is 8.85. The van der Waals surface area contributed by atoms with Crippen LogP contribution in [0.3, 0.4) is 0 Å². The lowest BCUT2D eigenvalue weighted by molar-refractivity contribution is 0.0696. The molecule has 0 heterocycles.